The fourth-order valence-electron chi connectivity index (χ4n) is 3.93. The number of hydrogen-bond donors (Lipinski definition) is 1. The van der Waals surface area contributed by atoms with E-state index < -0.39 is 0 Å². The Bertz CT molecular complexity index is 723. The average molecular weight is 405 g/mol. The summed E-state index contributed by atoms with van der Waals surface area (Å²) in [4.78, 5) is 15.2. The van der Waals surface area contributed by atoms with Crippen LogP contribution in [0.15, 0.2) is 36.5 Å². The molecule has 0 spiro atoms. The summed E-state index contributed by atoms with van der Waals surface area (Å²) in [5, 5.41) is 7.79. The molecular weight excluding hydrogens is 372 g/mol. The molecule has 2 heterocycles. The molecule has 1 aromatic carbocycles. The Balaban J connectivity index is 0.00000280. The second-order valence-corrected chi connectivity index (χ2v) is 7.53. The highest BCUT2D eigenvalue weighted by molar-refractivity contribution is 5.95. The molecule has 5 nitrogen and oxygen atoms in total. The molecule has 1 amide bonds. The molecule has 0 aliphatic carbocycles. The molecule has 1 aromatic heterocycles. The molecule has 1 saturated heterocycles. The lowest BCUT2D eigenvalue weighted by molar-refractivity contribution is 0.0686. The highest BCUT2D eigenvalue weighted by Crippen LogP contribution is 2.23. The van der Waals surface area contributed by atoms with Gasteiger partial charge in [-0.3, -0.25) is 9.48 Å². The van der Waals surface area contributed by atoms with Crippen LogP contribution in [-0.4, -0.2) is 47.3 Å². The van der Waals surface area contributed by atoms with Gasteiger partial charge in [-0.2, -0.15) is 5.10 Å². The van der Waals surface area contributed by atoms with Crippen LogP contribution in [0.25, 0.3) is 0 Å². The first-order valence-corrected chi connectivity index (χ1v) is 10.3. The van der Waals surface area contributed by atoms with Crippen molar-refractivity contribution in [1.29, 1.82) is 0 Å². The highest BCUT2D eigenvalue weighted by Gasteiger charge is 2.26. The topological polar surface area (TPSA) is 50.2 Å². The SMILES string of the molecule is CCCc1c(C(=O)N2CCC(CCNC)CC2)cnn1Cc1ccccc1.Cl. The summed E-state index contributed by atoms with van der Waals surface area (Å²) < 4.78 is 2.01. The molecule has 0 unspecified atom stereocenters. The quantitative estimate of drug-likeness (QED) is 0.728. The van der Waals surface area contributed by atoms with E-state index in [1.165, 1.54) is 12.0 Å². The van der Waals surface area contributed by atoms with E-state index in [0.717, 1.165) is 69.0 Å². The fourth-order valence-corrected chi connectivity index (χ4v) is 3.93. The number of carbonyl (C=O) groups excluding carboxylic acids is 1. The number of rotatable bonds is 8. The molecule has 0 saturated carbocycles. The minimum atomic E-state index is 0. The van der Waals surface area contributed by atoms with Crippen molar-refractivity contribution in [3.05, 3.63) is 53.3 Å². The van der Waals surface area contributed by atoms with Gasteiger partial charge in [-0.05, 0) is 50.8 Å². The largest absolute Gasteiger partial charge is 0.339 e. The van der Waals surface area contributed by atoms with Gasteiger partial charge in [-0.1, -0.05) is 43.7 Å². The lowest BCUT2D eigenvalue weighted by Crippen LogP contribution is -2.39. The van der Waals surface area contributed by atoms with Crippen LogP contribution in [0.4, 0.5) is 0 Å². The third kappa shape index (κ3) is 5.58. The highest BCUT2D eigenvalue weighted by atomic mass is 35.5. The zero-order chi connectivity index (χ0) is 19.1. The number of benzene rings is 1. The lowest BCUT2D eigenvalue weighted by Gasteiger charge is -2.32. The molecular formula is C22H33ClN4O. The number of halogens is 1. The molecule has 1 aliphatic rings. The summed E-state index contributed by atoms with van der Waals surface area (Å²) in [6, 6.07) is 10.3. The van der Waals surface area contributed by atoms with Gasteiger partial charge >= 0.3 is 0 Å². The third-order valence-corrected chi connectivity index (χ3v) is 5.55. The van der Waals surface area contributed by atoms with E-state index in [1.54, 1.807) is 6.20 Å². The van der Waals surface area contributed by atoms with Crippen molar-refractivity contribution in [2.75, 3.05) is 26.7 Å². The molecule has 1 N–H and O–H groups in total. The molecule has 0 bridgehead atoms. The van der Waals surface area contributed by atoms with Gasteiger partial charge in [0.05, 0.1) is 24.0 Å². The van der Waals surface area contributed by atoms with E-state index in [2.05, 4.69) is 29.5 Å². The van der Waals surface area contributed by atoms with E-state index in [9.17, 15) is 4.79 Å². The van der Waals surface area contributed by atoms with Crippen molar-refractivity contribution in [2.24, 2.45) is 5.92 Å². The van der Waals surface area contributed by atoms with Crippen LogP contribution in [-0.2, 0) is 13.0 Å². The number of nitrogens with one attached hydrogen (secondary N) is 1. The van der Waals surface area contributed by atoms with Crippen LogP contribution in [0.1, 0.15) is 54.2 Å². The molecule has 28 heavy (non-hydrogen) atoms. The predicted octanol–water partition coefficient (Wildman–Crippen LogP) is 3.77. The third-order valence-electron chi connectivity index (χ3n) is 5.55. The Morgan fingerprint density at radius 2 is 1.93 bits per heavy atom. The minimum Gasteiger partial charge on any atom is -0.339 e. The number of aromatic nitrogens is 2. The first-order valence-electron chi connectivity index (χ1n) is 10.3. The van der Waals surface area contributed by atoms with Gasteiger partial charge in [-0.15, -0.1) is 12.4 Å². The normalized spacial score (nSPS) is 14.7. The van der Waals surface area contributed by atoms with E-state index in [-0.39, 0.29) is 18.3 Å². The smallest absolute Gasteiger partial charge is 0.257 e. The minimum absolute atomic E-state index is 0. The lowest BCUT2D eigenvalue weighted by atomic mass is 9.93. The Morgan fingerprint density at radius 1 is 1.21 bits per heavy atom. The van der Waals surface area contributed by atoms with Crippen molar-refractivity contribution >= 4 is 18.3 Å². The zero-order valence-corrected chi connectivity index (χ0v) is 17.9. The maximum Gasteiger partial charge on any atom is 0.257 e. The Kier molecular flexibility index (Phi) is 9.00. The van der Waals surface area contributed by atoms with Crippen LogP contribution in [0.2, 0.25) is 0 Å². The van der Waals surface area contributed by atoms with Crippen LogP contribution in [0.5, 0.6) is 0 Å². The van der Waals surface area contributed by atoms with Crippen LogP contribution >= 0.6 is 12.4 Å². The van der Waals surface area contributed by atoms with Gasteiger partial charge in [0.2, 0.25) is 0 Å². The number of amides is 1. The molecule has 0 radical (unpaired) electrons. The van der Waals surface area contributed by atoms with Crippen LogP contribution < -0.4 is 5.32 Å². The Hall–Kier alpha value is -1.85. The second-order valence-electron chi connectivity index (χ2n) is 7.53. The number of likely N-dealkylation sites (tertiary alicyclic amines) is 1. The molecule has 0 atom stereocenters. The summed E-state index contributed by atoms with van der Waals surface area (Å²) in [6.07, 6.45) is 7.08. The zero-order valence-electron chi connectivity index (χ0n) is 17.1. The summed E-state index contributed by atoms with van der Waals surface area (Å²) in [6.45, 7) is 5.66. The van der Waals surface area contributed by atoms with Crippen molar-refractivity contribution in [3.8, 4) is 0 Å². The first kappa shape index (κ1) is 22.4. The maximum absolute atomic E-state index is 13.1. The molecule has 3 rings (SSSR count). The van der Waals surface area contributed by atoms with Crippen molar-refractivity contribution in [2.45, 2.75) is 45.6 Å². The number of piperidine rings is 1. The summed E-state index contributed by atoms with van der Waals surface area (Å²) >= 11 is 0. The van der Waals surface area contributed by atoms with Gasteiger partial charge in [0.15, 0.2) is 0 Å². The summed E-state index contributed by atoms with van der Waals surface area (Å²) in [5.74, 6) is 0.891. The van der Waals surface area contributed by atoms with E-state index in [0.29, 0.717) is 0 Å². The number of hydrogen-bond acceptors (Lipinski definition) is 3. The van der Waals surface area contributed by atoms with Crippen molar-refractivity contribution < 1.29 is 4.79 Å². The fraction of sp³-hybridized carbons (Fsp3) is 0.545. The van der Waals surface area contributed by atoms with Gasteiger partial charge in [0.1, 0.15) is 0 Å². The average Bonchev–Trinajstić information content (AvgIpc) is 3.09. The van der Waals surface area contributed by atoms with Gasteiger partial charge < -0.3 is 10.2 Å². The monoisotopic (exact) mass is 404 g/mol. The summed E-state index contributed by atoms with van der Waals surface area (Å²) in [5.41, 5.74) is 3.08. The van der Waals surface area contributed by atoms with Crippen LogP contribution in [0.3, 0.4) is 0 Å². The molecule has 1 aliphatic heterocycles. The van der Waals surface area contributed by atoms with Crippen LogP contribution in [0, 0.1) is 5.92 Å². The van der Waals surface area contributed by atoms with Gasteiger partial charge in [0.25, 0.3) is 5.91 Å². The van der Waals surface area contributed by atoms with E-state index in [4.69, 9.17) is 0 Å². The van der Waals surface area contributed by atoms with E-state index >= 15 is 0 Å². The van der Waals surface area contributed by atoms with Gasteiger partial charge in [-0.25, -0.2) is 0 Å². The molecule has 1 fully saturated rings. The standard InChI is InChI=1S/C22H32N4O.ClH/c1-3-7-21-20(16-24-26(21)17-19-8-5-4-6-9-19)22(27)25-14-11-18(12-15-25)10-13-23-2;/h4-6,8-9,16,18,23H,3,7,10-15,17H2,1-2H3;1H. The van der Waals surface area contributed by atoms with Gasteiger partial charge in [0, 0.05) is 13.1 Å². The molecule has 2 aromatic rings. The Labute approximate surface area is 174 Å². The van der Waals surface area contributed by atoms with E-state index in [1.807, 2.05) is 34.8 Å². The first-order chi connectivity index (χ1) is 13.2. The Morgan fingerprint density at radius 3 is 2.57 bits per heavy atom. The van der Waals surface area contributed by atoms with Crippen molar-refractivity contribution in [1.82, 2.24) is 20.0 Å². The second kappa shape index (κ2) is 11.2. The number of nitrogens with zero attached hydrogens (tertiary/aromatic N) is 3. The predicted molar refractivity (Wildman–Crippen MR) is 116 cm³/mol. The van der Waals surface area contributed by atoms with Crippen molar-refractivity contribution in [3.63, 3.8) is 0 Å². The maximum atomic E-state index is 13.1. The molecule has 6 heteroatoms. The summed E-state index contributed by atoms with van der Waals surface area (Å²) in [7, 11) is 2.00. The molecule has 154 valence electrons. The number of carbonyl (C=O) groups is 1.